The van der Waals surface area contributed by atoms with Gasteiger partial charge < -0.3 is 10.2 Å². The molecule has 0 aromatic heterocycles. The largest absolute Gasteiger partial charge is 0.512 e. The molecule has 0 aliphatic rings. The third-order valence-corrected chi connectivity index (χ3v) is 1.92. The summed E-state index contributed by atoms with van der Waals surface area (Å²) in [5, 5.41) is 17.1. The highest BCUT2D eigenvalue weighted by molar-refractivity contribution is 5.92. The SMILES string of the molecule is CCCCCCCC(=O)/C(O)=C/O. The van der Waals surface area contributed by atoms with Gasteiger partial charge in [-0.1, -0.05) is 32.6 Å². The second-order valence-electron chi connectivity index (χ2n) is 3.10. The summed E-state index contributed by atoms with van der Waals surface area (Å²) in [5.74, 6) is -0.908. The first kappa shape index (κ1) is 12.0. The van der Waals surface area contributed by atoms with E-state index in [1.807, 2.05) is 0 Å². The standard InChI is InChI=1S/C10H18O3/c1-2-3-4-5-6-7-9(12)10(13)8-11/h8,11,13H,2-7H2,1H3/b10-8-. The zero-order valence-corrected chi connectivity index (χ0v) is 8.12. The van der Waals surface area contributed by atoms with Crippen molar-refractivity contribution in [2.24, 2.45) is 0 Å². The fourth-order valence-corrected chi connectivity index (χ4v) is 1.09. The van der Waals surface area contributed by atoms with Gasteiger partial charge in [0.2, 0.25) is 0 Å². The average Bonchev–Trinajstić information content (AvgIpc) is 2.16. The molecule has 0 unspecified atom stereocenters. The van der Waals surface area contributed by atoms with Crippen LogP contribution in [-0.2, 0) is 4.79 Å². The van der Waals surface area contributed by atoms with E-state index in [0.29, 0.717) is 12.7 Å². The summed E-state index contributed by atoms with van der Waals surface area (Å²) in [6.45, 7) is 2.13. The van der Waals surface area contributed by atoms with E-state index in [0.717, 1.165) is 19.3 Å². The van der Waals surface area contributed by atoms with Crippen LogP contribution in [0.4, 0.5) is 0 Å². The molecule has 0 aliphatic heterocycles. The fourth-order valence-electron chi connectivity index (χ4n) is 1.09. The molecule has 0 spiro atoms. The molecule has 2 N–H and O–H groups in total. The van der Waals surface area contributed by atoms with Gasteiger partial charge in [0, 0.05) is 6.42 Å². The fraction of sp³-hybridized carbons (Fsp3) is 0.700. The van der Waals surface area contributed by atoms with Crippen molar-refractivity contribution in [1.82, 2.24) is 0 Å². The molecule has 0 saturated heterocycles. The van der Waals surface area contributed by atoms with Crippen LogP contribution in [0.5, 0.6) is 0 Å². The van der Waals surface area contributed by atoms with Crippen LogP contribution in [-0.4, -0.2) is 16.0 Å². The van der Waals surface area contributed by atoms with E-state index in [9.17, 15) is 4.79 Å². The summed E-state index contributed by atoms with van der Waals surface area (Å²) in [6.07, 6.45) is 6.08. The first-order valence-electron chi connectivity index (χ1n) is 4.79. The maximum atomic E-state index is 10.9. The summed E-state index contributed by atoms with van der Waals surface area (Å²) in [4.78, 5) is 10.9. The van der Waals surface area contributed by atoms with Crippen LogP contribution < -0.4 is 0 Å². The maximum absolute atomic E-state index is 10.9. The van der Waals surface area contributed by atoms with Crippen molar-refractivity contribution in [3.8, 4) is 0 Å². The Morgan fingerprint density at radius 1 is 1.23 bits per heavy atom. The Bertz CT molecular complexity index is 173. The lowest BCUT2D eigenvalue weighted by molar-refractivity contribution is -0.118. The highest BCUT2D eigenvalue weighted by Crippen LogP contribution is 2.07. The molecule has 0 aromatic rings. The van der Waals surface area contributed by atoms with E-state index < -0.39 is 5.76 Å². The van der Waals surface area contributed by atoms with Crippen molar-refractivity contribution in [3.05, 3.63) is 12.0 Å². The number of hydrogen-bond acceptors (Lipinski definition) is 3. The van der Waals surface area contributed by atoms with Gasteiger partial charge in [-0.25, -0.2) is 0 Å². The monoisotopic (exact) mass is 186 g/mol. The molecule has 0 amide bonds. The lowest BCUT2D eigenvalue weighted by Gasteiger charge is -1.98. The summed E-state index contributed by atoms with van der Waals surface area (Å²) in [6, 6.07) is 0. The number of carbonyl (C=O) groups is 1. The van der Waals surface area contributed by atoms with Gasteiger partial charge in [-0.3, -0.25) is 4.79 Å². The molecule has 0 fully saturated rings. The van der Waals surface area contributed by atoms with E-state index in [2.05, 4.69) is 6.92 Å². The molecular weight excluding hydrogens is 168 g/mol. The van der Waals surface area contributed by atoms with Gasteiger partial charge in [-0.15, -0.1) is 0 Å². The molecule has 0 saturated carbocycles. The number of Topliss-reactive ketones (excluding diaryl/α,β-unsaturated/α-hetero) is 1. The highest BCUT2D eigenvalue weighted by atomic mass is 16.3. The Balaban J connectivity index is 3.38. The van der Waals surface area contributed by atoms with Gasteiger partial charge in [0.1, 0.15) is 6.26 Å². The van der Waals surface area contributed by atoms with Gasteiger partial charge in [0.05, 0.1) is 0 Å². The van der Waals surface area contributed by atoms with Crippen molar-refractivity contribution in [3.63, 3.8) is 0 Å². The van der Waals surface area contributed by atoms with E-state index in [4.69, 9.17) is 10.2 Å². The van der Waals surface area contributed by atoms with Crippen LogP contribution in [0.25, 0.3) is 0 Å². The molecule has 0 atom stereocenters. The third kappa shape index (κ3) is 6.20. The highest BCUT2D eigenvalue weighted by Gasteiger charge is 2.06. The zero-order chi connectivity index (χ0) is 10.1. The van der Waals surface area contributed by atoms with Crippen molar-refractivity contribution >= 4 is 5.78 Å². The normalized spacial score (nSPS) is 11.6. The second-order valence-corrected chi connectivity index (χ2v) is 3.10. The summed E-state index contributed by atoms with van der Waals surface area (Å²) >= 11 is 0. The number of aliphatic hydroxyl groups is 2. The lowest BCUT2D eigenvalue weighted by Crippen LogP contribution is -2.01. The second kappa shape index (κ2) is 7.65. The first-order chi connectivity index (χ1) is 6.22. The van der Waals surface area contributed by atoms with Gasteiger partial charge in [0.25, 0.3) is 0 Å². The van der Waals surface area contributed by atoms with Crippen molar-refractivity contribution in [2.45, 2.75) is 45.4 Å². The lowest BCUT2D eigenvalue weighted by atomic mass is 10.1. The number of carbonyl (C=O) groups excluding carboxylic acids is 1. The summed E-state index contributed by atoms with van der Waals surface area (Å²) in [7, 11) is 0. The third-order valence-electron chi connectivity index (χ3n) is 1.92. The van der Waals surface area contributed by atoms with Crippen molar-refractivity contribution < 1.29 is 15.0 Å². The van der Waals surface area contributed by atoms with Crippen LogP contribution >= 0.6 is 0 Å². The predicted octanol–water partition coefficient (Wildman–Crippen LogP) is 2.87. The van der Waals surface area contributed by atoms with Gasteiger partial charge in [-0.05, 0) is 6.42 Å². The minimum absolute atomic E-state index is 0.326. The Morgan fingerprint density at radius 3 is 2.38 bits per heavy atom. The number of ketones is 1. The molecule has 3 nitrogen and oxygen atoms in total. The Labute approximate surface area is 79.1 Å². The van der Waals surface area contributed by atoms with E-state index in [-0.39, 0.29) is 5.78 Å². The Hall–Kier alpha value is -0.990. The van der Waals surface area contributed by atoms with Crippen LogP contribution in [0, 0.1) is 0 Å². The molecule has 0 aromatic carbocycles. The summed E-state index contributed by atoms with van der Waals surface area (Å²) < 4.78 is 0. The average molecular weight is 186 g/mol. The number of aliphatic hydroxyl groups excluding tert-OH is 2. The van der Waals surface area contributed by atoms with Gasteiger partial charge in [0.15, 0.2) is 11.5 Å². The molecule has 76 valence electrons. The molecule has 0 bridgehead atoms. The van der Waals surface area contributed by atoms with Crippen LogP contribution in [0.1, 0.15) is 45.4 Å². The number of hydrogen-bond donors (Lipinski definition) is 2. The van der Waals surface area contributed by atoms with Gasteiger partial charge in [-0.2, -0.15) is 0 Å². The van der Waals surface area contributed by atoms with E-state index in [1.165, 1.54) is 12.8 Å². The number of allylic oxidation sites excluding steroid dienone is 1. The van der Waals surface area contributed by atoms with E-state index in [1.54, 1.807) is 0 Å². The Kier molecular flexibility index (Phi) is 7.07. The Morgan fingerprint density at radius 2 is 1.85 bits per heavy atom. The minimum Gasteiger partial charge on any atom is -0.512 e. The molecule has 0 rings (SSSR count). The quantitative estimate of drug-likeness (QED) is 0.365. The first-order valence-corrected chi connectivity index (χ1v) is 4.79. The summed E-state index contributed by atoms with van der Waals surface area (Å²) in [5.41, 5.74) is 0. The van der Waals surface area contributed by atoms with Crippen molar-refractivity contribution in [1.29, 1.82) is 0 Å². The van der Waals surface area contributed by atoms with Crippen molar-refractivity contribution in [2.75, 3.05) is 0 Å². The van der Waals surface area contributed by atoms with E-state index >= 15 is 0 Å². The molecular formula is C10H18O3. The van der Waals surface area contributed by atoms with Crippen LogP contribution in [0.2, 0.25) is 0 Å². The molecule has 3 heteroatoms. The van der Waals surface area contributed by atoms with Crippen LogP contribution in [0.3, 0.4) is 0 Å². The molecule has 13 heavy (non-hydrogen) atoms. The molecule has 0 radical (unpaired) electrons. The number of rotatable bonds is 7. The van der Waals surface area contributed by atoms with Crippen LogP contribution in [0.15, 0.2) is 12.0 Å². The predicted molar refractivity (Wildman–Crippen MR) is 51.7 cm³/mol. The minimum atomic E-state index is -0.532. The van der Waals surface area contributed by atoms with Gasteiger partial charge >= 0.3 is 0 Å². The molecule has 0 heterocycles. The zero-order valence-electron chi connectivity index (χ0n) is 8.12. The number of unbranched alkanes of at least 4 members (excludes halogenated alkanes) is 4. The molecule has 0 aliphatic carbocycles. The smallest absolute Gasteiger partial charge is 0.200 e. The maximum Gasteiger partial charge on any atom is 0.200 e. The topological polar surface area (TPSA) is 57.5 Å².